The molecular weight excluding hydrogens is 292 g/mol. The summed E-state index contributed by atoms with van der Waals surface area (Å²) in [6, 6.07) is 1.96. The fourth-order valence-corrected chi connectivity index (χ4v) is 2.35. The number of nitrogens with zero attached hydrogens (tertiary/aromatic N) is 4. The summed E-state index contributed by atoms with van der Waals surface area (Å²) >= 11 is 3.43. The van der Waals surface area contributed by atoms with E-state index < -0.39 is 0 Å². The Kier molecular flexibility index (Phi) is 4.47. The Morgan fingerprint density at radius 3 is 2.83 bits per heavy atom. The molecule has 0 unspecified atom stereocenters. The van der Waals surface area contributed by atoms with Crippen LogP contribution in [0.25, 0.3) is 0 Å². The Morgan fingerprint density at radius 1 is 1.28 bits per heavy atom. The molecule has 0 aliphatic rings. The molecule has 2 heterocycles. The molecule has 2 rings (SSSR count). The third kappa shape index (κ3) is 3.16. The lowest BCUT2D eigenvalue weighted by Crippen LogP contribution is -2.06. The Labute approximate surface area is 116 Å². The van der Waals surface area contributed by atoms with Gasteiger partial charge in [-0.05, 0) is 28.4 Å². The van der Waals surface area contributed by atoms with Crippen LogP contribution in [0.4, 0.5) is 0 Å². The molecule has 0 aliphatic carbocycles. The van der Waals surface area contributed by atoms with Crippen LogP contribution in [-0.2, 0) is 19.4 Å². The molecule has 5 heteroatoms. The van der Waals surface area contributed by atoms with Gasteiger partial charge in [0.05, 0.1) is 5.69 Å². The van der Waals surface area contributed by atoms with Crippen LogP contribution in [0.3, 0.4) is 0 Å². The van der Waals surface area contributed by atoms with E-state index in [0.717, 1.165) is 47.8 Å². The van der Waals surface area contributed by atoms with E-state index in [2.05, 4.69) is 49.3 Å². The summed E-state index contributed by atoms with van der Waals surface area (Å²) in [5.74, 6) is 1.93. The first kappa shape index (κ1) is 13.2. The number of imidazole rings is 1. The average Bonchev–Trinajstić information content (AvgIpc) is 2.76. The first-order valence-corrected chi connectivity index (χ1v) is 7.04. The summed E-state index contributed by atoms with van der Waals surface area (Å²) in [5.41, 5.74) is 1.01. The highest BCUT2D eigenvalue weighted by atomic mass is 79.9. The lowest BCUT2D eigenvalue weighted by molar-refractivity contribution is 0.643. The van der Waals surface area contributed by atoms with Gasteiger partial charge in [-0.3, -0.25) is 0 Å². The maximum Gasteiger partial charge on any atom is 0.129 e. The van der Waals surface area contributed by atoms with Crippen molar-refractivity contribution in [3.05, 3.63) is 40.4 Å². The first-order chi connectivity index (χ1) is 8.72. The molecule has 0 spiro atoms. The molecule has 0 aromatic carbocycles. The van der Waals surface area contributed by atoms with Gasteiger partial charge in [-0.1, -0.05) is 13.8 Å². The molecule has 18 heavy (non-hydrogen) atoms. The second-order valence-electron chi connectivity index (χ2n) is 4.17. The summed E-state index contributed by atoms with van der Waals surface area (Å²) in [6.45, 7) is 5.23. The van der Waals surface area contributed by atoms with Gasteiger partial charge in [0.25, 0.3) is 0 Å². The summed E-state index contributed by atoms with van der Waals surface area (Å²) in [7, 11) is 0. The molecule has 0 bridgehead atoms. The molecule has 0 fully saturated rings. The second-order valence-corrected chi connectivity index (χ2v) is 4.98. The number of halogens is 1. The summed E-state index contributed by atoms with van der Waals surface area (Å²) in [5, 5.41) is 0. The molecule has 0 aliphatic heterocycles. The lowest BCUT2D eigenvalue weighted by Gasteiger charge is -2.07. The van der Waals surface area contributed by atoms with Crippen LogP contribution in [0.1, 0.15) is 37.6 Å². The highest BCUT2D eigenvalue weighted by Gasteiger charge is 2.07. The van der Waals surface area contributed by atoms with Crippen molar-refractivity contribution in [3.63, 3.8) is 0 Å². The maximum atomic E-state index is 4.53. The molecule has 2 aromatic rings. The predicted molar refractivity (Wildman–Crippen MR) is 74.4 cm³/mol. The van der Waals surface area contributed by atoms with Crippen LogP contribution in [0.15, 0.2) is 23.1 Å². The minimum Gasteiger partial charge on any atom is -0.335 e. The van der Waals surface area contributed by atoms with Crippen LogP contribution in [0.2, 0.25) is 0 Å². The van der Waals surface area contributed by atoms with Crippen LogP contribution in [0.5, 0.6) is 0 Å². The Bertz CT molecular complexity index is 521. The number of rotatable bonds is 5. The normalized spacial score (nSPS) is 10.8. The number of aryl methyl sites for hydroxylation is 2. The first-order valence-electron chi connectivity index (χ1n) is 6.25. The molecule has 0 atom stereocenters. The predicted octanol–water partition coefficient (Wildman–Crippen LogP) is 3.00. The fraction of sp³-hybridized carbons (Fsp3) is 0.462. The van der Waals surface area contributed by atoms with Crippen LogP contribution in [-0.4, -0.2) is 19.5 Å². The maximum absolute atomic E-state index is 4.53. The summed E-state index contributed by atoms with van der Waals surface area (Å²) in [6.07, 6.45) is 6.58. The molecule has 96 valence electrons. The molecule has 4 nitrogen and oxygen atoms in total. The topological polar surface area (TPSA) is 43.6 Å². The average molecular weight is 309 g/mol. The van der Waals surface area contributed by atoms with Gasteiger partial charge in [-0.2, -0.15) is 0 Å². The molecule has 2 aromatic heterocycles. The number of hydrogen-bond acceptors (Lipinski definition) is 3. The van der Waals surface area contributed by atoms with Crippen molar-refractivity contribution in [2.24, 2.45) is 0 Å². The lowest BCUT2D eigenvalue weighted by atomic mass is 10.2. The van der Waals surface area contributed by atoms with E-state index >= 15 is 0 Å². The second kappa shape index (κ2) is 6.09. The highest BCUT2D eigenvalue weighted by molar-refractivity contribution is 9.10. The zero-order valence-electron chi connectivity index (χ0n) is 10.7. The van der Waals surface area contributed by atoms with Gasteiger partial charge in [0.15, 0.2) is 0 Å². The van der Waals surface area contributed by atoms with Gasteiger partial charge in [0.2, 0.25) is 0 Å². The number of aromatic nitrogens is 4. The zero-order chi connectivity index (χ0) is 13.0. The fourth-order valence-electron chi connectivity index (χ4n) is 1.88. The Hall–Kier alpha value is -1.23. The molecule has 0 saturated heterocycles. The highest BCUT2D eigenvalue weighted by Crippen LogP contribution is 2.12. The van der Waals surface area contributed by atoms with Crippen LogP contribution in [0, 0.1) is 0 Å². The minimum atomic E-state index is 0.751. The van der Waals surface area contributed by atoms with Crippen molar-refractivity contribution in [3.8, 4) is 0 Å². The molecule has 0 radical (unpaired) electrons. The Morgan fingerprint density at radius 2 is 2.11 bits per heavy atom. The van der Waals surface area contributed by atoms with Gasteiger partial charge in [-0.25, -0.2) is 15.0 Å². The smallest absolute Gasteiger partial charge is 0.129 e. The van der Waals surface area contributed by atoms with Crippen molar-refractivity contribution in [1.29, 1.82) is 0 Å². The molecule has 0 N–H and O–H groups in total. The zero-order valence-corrected chi connectivity index (χ0v) is 12.3. The van der Waals surface area contributed by atoms with E-state index in [0.29, 0.717) is 0 Å². The van der Waals surface area contributed by atoms with E-state index in [-0.39, 0.29) is 0 Å². The van der Waals surface area contributed by atoms with Crippen molar-refractivity contribution in [2.45, 2.75) is 39.7 Å². The van der Waals surface area contributed by atoms with Crippen molar-refractivity contribution in [2.75, 3.05) is 0 Å². The summed E-state index contributed by atoms with van der Waals surface area (Å²) < 4.78 is 3.03. The van der Waals surface area contributed by atoms with Gasteiger partial charge in [0.1, 0.15) is 16.3 Å². The van der Waals surface area contributed by atoms with E-state index in [9.17, 15) is 0 Å². The Balaban J connectivity index is 2.22. The van der Waals surface area contributed by atoms with Crippen molar-refractivity contribution >= 4 is 15.9 Å². The number of hydrogen-bond donors (Lipinski definition) is 0. The van der Waals surface area contributed by atoms with Crippen molar-refractivity contribution in [1.82, 2.24) is 19.5 Å². The monoisotopic (exact) mass is 308 g/mol. The van der Waals surface area contributed by atoms with Gasteiger partial charge in [0, 0.05) is 31.8 Å². The molecular formula is C13H17BrN4. The van der Waals surface area contributed by atoms with Gasteiger partial charge < -0.3 is 4.57 Å². The SMILES string of the molecule is CCCn1ccnc1Cc1cc(Br)nc(CC)n1. The van der Waals surface area contributed by atoms with E-state index in [1.807, 2.05) is 18.5 Å². The quantitative estimate of drug-likeness (QED) is 0.798. The van der Waals surface area contributed by atoms with E-state index in [1.54, 1.807) is 0 Å². The van der Waals surface area contributed by atoms with E-state index in [1.165, 1.54) is 0 Å². The minimum absolute atomic E-state index is 0.751. The third-order valence-electron chi connectivity index (χ3n) is 2.72. The largest absolute Gasteiger partial charge is 0.335 e. The third-order valence-corrected chi connectivity index (χ3v) is 3.12. The van der Waals surface area contributed by atoms with E-state index in [4.69, 9.17) is 0 Å². The van der Waals surface area contributed by atoms with Crippen LogP contribution < -0.4 is 0 Å². The molecule has 0 amide bonds. The standard InChI is InChI=1S/C13H17BrN4/c1-3-6-18-7-5-15-13(18)9-10-8-11(14)17-12(4-2)16-10/h5,7-8H,3-4,6,9H2,1-2H3. The van der Waals surface area contributed by atoms with Crippen molar-refractivity contribution < 1.29 is 0 Å². The van der Waals surface area contributed by atoms with Crippen LogP contribution >= 0.6 is 15.9 Å². The summed E-state index contributed by atoms with van der Waals surface area (Å²) in [4.78, 5) is 13.3. The van der Waals surface area contributed by atoms with Gasteiger partial charge >= 0.3 is 0 Å². The van der Waals surface area contributed by atoms with Gasteiger partial charge in [-0.15, -0.1) is 0 Å². The molecule has 0 saturated carbocycles.